The number of fused-ring (bicyclic) bond motifs is 1. The van der Waals surface area contributed by atoms with Crippen molar-refractivity contribution in [2.24, 2.45) is 5.92 Å². The van der Waals surface area contributed by atoms with Gasteiger partial charge in [0.1, 0.15) is 5.00 Å². The van der Waals surface area contributed by atoms with Crippen molar-refractivity contribution in [2.45, 2.75) is 50.8 Å². The van der Waals surface area contributed by atoms with E-state index in [9.17, 15) is 18.0 Å². The maximum absolute atomic E-state index is 12.7. The van der Waals surface area contributed by atoms with Gasteiger partial charge < -0.3 is 10.1 Å². The van der Waals surface area contributed by atoms with Crippen LogP contribution in [0.25, 0.3) is 0 Å². The number of amides is 1. The van der Waals surface area contributed by atoms with Gasteiger partial charge in [-0.25, -0.2) is 13.2 Å². The van der Waals surface area contributed by atoms with Crippen LogP contribution in [-0.4, -0.2) is 49.4 Å². The summed E-state index contributed by atoms with van der Waals surface area (Å²) in [7, 11) is -3.55. The summed E-state index contributed by atoms with van der Waals surface area (Å²) in [6.07, 6.45) is 4.40. The first-order valence-electron chi connectivity index (χ1n) is 11.7. The normalized spacial score (nSPS) is 18.1. The Bertz CT molecular complexity index is 1230. The zero-order valence-electron chi connectivity index (χ0n) is 19.8. The molecule has 1 aromatic heterocycles. The lowest BCUT2D eigenvalue weighted by molar-refractivity contribution is 0.0526. The van der Waals surface area contributed by atoms with Gasteiger partial charge in [0, 0.05) is 23.5 Å². The third-order valence-corrected chi connectivity index (χ3v) is 9.55. The summed E-state index contributed by atoms with van der Waals surface area (Å²) >= 11 is 6.82. The molecule has 1 aliphatic heterocycles. The van der Waals surface area contributed by atoms with Gasteiger partial charge in [0.15, 0.2) is 5.11 Å². The van der Waals surface area contributed by atoms with Crippen LogP contribution in [0.4, 0.5) is 5.00 Å². The molecule has 0 spiro atoms. The Morgan fingerprint density at radius 1 is 1.20 bits per heavy atom. The summed E-state index contributed by atoms with van der Waals surface area (Å²) < 4.78 is 32.1. The van der Waals surface area contributed by atoms with Gasteiger partial charge in [-0.3, -0.25) is 10.1 Å². The highest BCUT2D eigenvalue weighted by atomic mass is 32.2. The van der Waals surface area contributed by atoms with E-state index in [0.717, 1.165) is 42.5 Å². The molecular formula is C24H29N3O5S3. The summed E-state index contributed by atoms with van der Waals surface area (Å²) in [5.74, 6) is -0.334. The Morgan fingerprint density at radius 3 is 2.54 bits per heavy atom. The van der Waals surface area contributed by atoms with E-state index in [4.69, 9.17) is 17.0 Å². The van der Waals surface area contributed by atoms with Crippen LogP contribution in [0, 0.1) is 5.92 Å². The molecule has 2 aliphatic rings. The summed E-state index contributed by atoms with van der Waals surface area (Å²) in [4.78, 5) is 26.7. The van der Waals surface area contributed by atoms with Crippen molar-refractivity contribution in [1.82, 2.24) is 9.62 Å². The van der Waals surface area contributed by atoms with Crippen LogP contribution in [0.1, 0.15) is 64.3 Å². The second kappa shape index (κ2) is 10.7. The Morgan fingerprint density at radius 2 is 1.89 bits per heavy atom. The number of thiocarbonyl (C=S) groups is 1. The molecule has 4 rings (SSSR count). The van der Waals surface area contributed by atoms with Gasteiger partial charge in [0.05, 0.1) is 17.1 Å². The maximum atomic E-state index is 12.7. The number of nitrogens with one attached hydrogen (secondary N) is 2. The average Bonchev–Trinajstić information content (AvgIpc) is 3.47. The van der Waals surface area contributed by atoms with Gasteiger partial charge in [0.25, 0.3) is 5.91 Å². The van der Waals surface area contributed by atoms with E-state index < -0.39 is 21.9 Å². The molecule has 2 N–H and O–H groups in total. The Labute approximate surface area is 215 Å². The highest BCUT2D eigenvalue weighted by Gasteiger charge is 2.29. The zero-order chi connectivity index (χ0) is 25.2. The van der Waals surface area contributed by atoms with Crippen LogP contribution < -0.4 is 10.6 Å². The second-order valence-corrected chi connectivity index (χ2v) is 12.3. The number of esters is 1. The Hall–Kier alpha value is -2.34. The molecule has 1 atom stereocenters. The minimum Gasteiger partial charge on any atom is -0.462 e. The van der Waals surface area contributed by atoms with E-state index in [1.165, 1.54) is 39.9 Å². The van der Waals surface area contributed by atoms with Crippen LogP contribution in [-0.2, 0) is 27.6 Å². The first-order chi connectivity index (χ1) is 16.7. The molecule has 0 radical (unpaired) electrons. The molecule has 11 heteroatoms. The number of hydrogen-bond acceptors (Lipinski definition) is 7. The molecule has 2 heterocycles. The number of carbonyl (C=O) groups excluding carboxylic acids is 2. The third-order valence-electron chi connectivity index (χ3n) is 6.26. The summed E-state index contributed by atoms with van der Waals surface area (Å²) in [6, 6.07) is 5.81. The standard InChI is InChI=1S/C24H29N3O5S3/c1-3-32-23(29)20-18-11-6-15(2)14-19(18)34-22(20)26-24(33)25-21(28)16-7-9-17(10-8-16)35(30,31)27-12-4-5-13-27/h7-10,15H,3-6,11-14H2,1-2H3,(H2,25,26,28,33). The minimum absolute atomic E-state index is 0.0564. The first kappa shape index (κ1) is 25.7. The van der Waals surface area contributed by atoms with Gasteiger partial charge in [-0.05, 0) is 87.0 Å². The summed E-state index contributed by atoms with van der Waals surface area (Å²) in [6.45, 7) is 5.25. The van der Waals surface area contributed by atoms with E-state index in [2.05, 4.69) is 17.6 Å². The van der Waals surface area contributed by atoms with Crippen molar-refractivity contribution in [3.8, 4) is 0 Å². The fourth-order valence-corrected chi connectivity index (χ4v) is 7.60. The highest BCUT2D eigenvalue weighted by Crippen LogP contribution is 2.40. The lowest BCUT2D eigenvalue weighted by Gasteiger charge is -2.18. The summed E-state index contributed by atoms with van der Waals surface area (Å²) in [5, 5.41) is 6.26. The van der Waals surface area contributed by atoms with Crippen LogP contribution in [0.15, 0.2) is 29.2 Å². The van der Waals surface area contributed by atoms with Gasteiger partial charge in [-0.2, -0.15) is 4.31 Å². The van der Waals surface area contributed by atoms with Crippen LogP contribution in [0.3, 0.4) is 0 Å². The smallest absolute Gasteiger partial charge is 0.341 e. The third kappa shape index (κ3) is 5.58. The molecule has 0 bridgehead atoms. The topological polar surface area (TPSA) is 105 Å². The van der Waals surface area contributed by atoms with Crippen molar-refractivity contribution < 1.29 is 22.7 Å². The number of ether oxygens (including phenoxy) is 1. The largest absolute Gasteiger partial charge is 0.462 e. The molecule has 188 valence electrons. The maximum Gasteiger partial charge on any atom is 0.341 e. The number of nitrogens with zero attached hydrogens (tertiary/aromatic N) is 1. The highest BCUT2D eigenvalue weighted by molar-refractivity contribution is 7.89. The minimum atomic E-state index is -3.55. The average molecular weight is 536 g/mol. The molecule has 1 aliphatic carbocycles. The van der Waals surface area contributed by atoms with E-state index >= 15 is 0 Å². The molecule has 1 fully saturated rings. The molecule has 1 amide bonds. The number of rotatable bonds is 6. The molecule has 35 heavy (non-hydrogen) atoms. The SMILES string of the molecule is CCOC(=O)c1c(NC(=S)NC(=O)c2ccc(S(=O)(=O)N3CCCC3)cc2)sc2c1CCC(C)C2. The van der Waals surface area contributed by atoms with Crippen LogP contribution >= 0.6 is 23.6 Å². The molecule has 8 nitrogen and oxygen atoms in total. The van der Waals surface area contributed by atoms with Crippen molar-refractivity contribution >= 4 is 55.6 Å². The summed E-state index contributed by atoms with van der Waals surface area (Å²) in [5.41, 5.74) is 1.77. The molecule has 1 saturated heterocycles. The number of anilines is 1. The number of hydrogen-bond donors (Lipinski definition) is 2. The van der Waals surface area contributed by atoms with Gasteiger partial charge >= 0.3 is 5.97 Å². The zero-order valence-corrected chi connectivity index (χ0v) is 22.2. The number of thiophene rings is 1. The lowest BCUT2D eigenvalue weighted by Crippen LogP contribution is -2.34. The van der Waals surface area contributed by atoms with Crippen molar-refractivity contribution in [2.75, 3.05) is 25.0 Å². The molecule has 0 saturated carbocycles. The second-order valence-electron chi connectivity index (χ2n) is 8.82. The lowest BCUT2D eigenvalue weighted by atomic mass is 9.88. The van der Waals surface area contributed by atoms with Crippen LogP contribution in [0.5, 0.6) is 0 Å². The van der Waals surface area contributed by atoms with E-state index in [0.29, 0.717) is 29.6 Å². The Balaban J connectivity index is 1.46. The van der Waals surface area contributed by atoms with Gasteiger partial charge in [0.2, 0.25) is 10.0 Å². The van der Waals surface area contributed by atoms with E-state index in [1.54, 1.807) is 6.92 Å². The molecule has 2 aromatic rings. The number of carbonyl (C=O) groups is 2. The molecule has 1 aromatic carbocycles. The van der Waals surface area contributed by atoms with Gasteiger partial charge in [-0.1, -0.05) is 6.92 Å². The first-order valence-corrected chi connectivity index (χ1v) is 14.4. The molecular weight excluding hydrogens is 506 g/mol. The molecule has 1 unspecified atom stereocenters. The van der Waals surface area contributed by atoms with Crippen molar-refractivity contribution in [3.05, 3.63) is 45.8 Å². The van der Waals surface area contributed by atoms with E-state index in [1.807, 2.05) is 0 Å². The van der Waals surface area contributed by atoms with Crippen molar-refractivity contribution in [1.29, 1.82) is 0 Å². The number of benzene rings is 1. The quantitative estimate of drug-likeness (QED) is 0.426. The Kier molecular flexibility index (Phi) is 7.89. The van der Waals surface area contributed by atoms with E-state index in [-0.39, 0.29) is 22.2 Å². The fraction of sp³-hybridized carbons (Fsp3) is 0.458. The number of sulfonamides is 1. The predicted octanol–water partition coefficient (Wildman–Crippen LogP) is 3.96. The van der Waals surface area contributed by atoms with Crippen LogP contribution in [0.2, 0.25) is 0 Å². The van der Waals surface area contributed by atoms with Crippen molar-refractivity contribution in [3.63, 3.8) is 0 Å². The fourth-order valence-electron chi connectivity index (χ4n) is 4.42. The monoisotopic (exact) mass is 535 g/mol. The van der Waals surface area contributed by atoms with Gasteiger partial charge in [-0.15, -0.1) is 11.3 Å². The predicted molar refractivity (Wildman–Crippen MR) is 140 cm³/mol.